The summed E-state index contributed by atoms with van der Waals surface area (Å²) in [5, 5.41) is 3.01. The second kappa shape index (κ2) is 4.11. The van der Waals surface area contributed by atoms with E-state index in [0.29, 0.717) is 12.0 Å². The fourth-order valence-corrected chi connectivity index (χ4v) is 2.94. The first-order valence-corrected chi connectivity index (χ1v) is 6.02. The van der Waals surface area contributed by atoms with Crippen LogP contribution in [0.4, 0.5) is 4.39 Å². The molecular weight excluding hydrogens is 193 g/mol. The number of halogens is 1. The van der Waals surface area contributed by atoms with Crippen molar-refractivity contribution >= 4 is 5.91 Å². The molecule has 0 saturated heterocycles. The Kier molecular flexibility index (Phi) is 2.98. The Morgan fingerprint density at radius 1 is 1.33 bits per heavy atom. The smallest absolute Gasteiger partial charge is 0.225 e. The molecule has 15 heavy (non-hydrogen) atoms. The third-order valence-corrected chi connectivity index (χ3v) is 4.17. The highest BCUT2D eigenvalue weighted by atomic mass is 19.1. The van der Waals surface area contributed by atoms with E-state index in [-0.39, 0.29) is 5.91 Å². The Labute approximate surface area is 90.6 Å². The quantitative estimate of drug-likeness (QED) is 0.765. The highest BCUT2D eigenvalue weighted by Gasteiger charge is 2.40. The molecule has 2 fully saturated rings. The van der Waals surface area contributed by atoms with Crippen molar-refractivity contribution in [2.45, 2.75) is 51.7 Å². The van der Waals surface area contributed by atoms with Crippen LogP contribution in [0, 0.1) is 17.8 Å². The molecule has 0 spiro atoms. The topological polar surface area (TPSA) is 29.1 Å². The van der Waals surface area contributed by atoms with Gasteiger partial charge in [0, 0.05) is 6.04 Å². The third kappa shape index (κ3) is 2.16. The molecule has 2 bridgehead atoms. The molecule has 2 saturated carbocycles. The summed E-state index contributed by atoms with van der Waals surface area (Å²) < 4.78 is 12.9. The second-order valence-corrected chi connectivity index (χ2v) is 5.26. The van der Waals surface area contributed by atoms with E-state index in [9.17, 15) is 9.18 Å². The standard InChI is InChI=1S/C12H20FNO/c1-7(8(2)13)12(15)14-11-6-9-3-4-10(11)5-9/h7-11H,3-6H2,1-2H3,(H,14,15). The average molecular weight is 213 g/mol. The Bertz CT molecular complexity index is 254. The Balaban J connectivity index is 1.85. The van der Waals surface area contributed by atoms with Gasteiger partial charge in [0.2, 0.25) is 5.91 Å². The molecule has 2 nitrogen and oxygen atoms in total. The fourth-order valence-electron chi connectivity index (χ4n) is 2.94. The van der Waals surface area contributed by atoms with E-state index < -0.39 is 12.1 Å². The molecule has 5 atom stereocenters. The van der Waals surface area contributed by atoms with Crippen LogP contribution in [-0.2, 0) is 4.79 Å². The Morgan fingerprint density at radius 2 is 2.07 bits per heavy atom. The molecule has 86 valence electrons. The summed E-state index contributed by atoms with van der Waals surface area (Å²) in [5.74, 6) is 0.867. The van der Waals surface area contributed by atoms with E-state index in [2.05, 4.69) is 5.32 Å². The van der Waals surface area contributed by atoms with Crippen LogP contribution in [-0.4, -0.2) is 18.1 Å². The first-order valence-electron chi connectivity index (χ1n) is 6.02. The monoisotopic (exact) mass is 213 g/mol. The van der Waals surface area contributed by atoms with Gasteiger partial charge in [-0.2, -0.15) is 0 Å². The lowest BCUT2D eigenvalue weighted by molar-refractivity contribution is -0.127. The molecule has 2 aliphatic rings. The maximum absolute atomic E-state index is 12.9. The van der Waals surface area contributed by atoms with Gasteiger partial charge >= 0.3 is 0 Å². The zero-order chi connectivity index (χ0) is 11.0. The zero-order valence-corrected chi connectivity index (χ0v) is 9.50. The van der Waals surface area contributed by atoms with Gasteiger partial charge in [0.05, 0.1) is 5.92 Å². The molecule has 0 radical (unpaired) electrons. The van der Waals surface area contributed by atoms with Crippen LogP contribution in [0.1, 0.15) is 39.5 Å². The van der Waals surface area contributed by atoms with Gasteiger partial charge in [-0.25, -0.2) is 4.39 Å². The minimum absolute atomic E-state index is 0.109. The number of fused-ring (bicyclic) bond motifs is 2. The molecule has 0 aromatic rings. The SMILES string of the molecule is CC(F)C(C)C(=O)NC1CC2CCC1C2. The summed E-state index contributed by atoms with van der Waals surface area (Å²) in [6.45, 7) is 3.11. The number of rotatable bonds is 3. The number of hydrogen-bond acceptors (Lipinski definition) is 1. The minimum Gasteiger partial charge on any atom is -0.353 e. The molecule has 0 aromatic carbocycles. The molecular formula is C12H20FNO. The predicted molar refractivity (Wildman–Crippen MR) is 57.1 cm³/mol. The van der Waals surface area contributed by atoms with E-state index in [1.807, 2.05) is 0 Å². The summed E-state index contributed by atoms with van der Waals surface area (Å²) in [5.41, 5.74) is 0. The predicted octanol–water partition coefficient (Wildman–Crippen LogP) is 2.29. The van der Waals surface area contributed by atoms with Gasteiger partial charge in [-0.3, -0.25) is 4.79 Å². The number of carbonyl (C=O) groups is 1. The molecule has 0 aromatic heterocycles. The molecule has 1 N–H and O–H groups in total. The van der Waals surface area contributed by atoms with E-state index >= 15 is 0 Å². The van der Waals surface area contributed by atoms with E-state index in [4.69, 9.17) is 0 Å². The molecule has 1 amide bonds. The maximum atomic E-state index is 12.9. The number of alkyl halides is 1. The van der Waals surface area contributed by atoms with E-state index in [1.165, 1.54) is 26.2 Å². The highest BCUT2D eigenvalue weighted by Crippen LogP contribution is 2.44. The Morgan fingerprint density at radius 3 is 2.53 bits per heavy atom. The number of hydrogen-bond donors (Lipinski definition) is 1. The van der Waals surface area contributed by atoms with Crippen molar-refractivity contribution < 1.29 is 9.18 Å². The van der Waals surface area contributed by atoms with E-state index in [0.717, 1.165) is 12.3 Å². The summed E-state index contributed by atoms with van der Waals surface area (Å²) in [4.78, 5) is 11.7. The first-order chi connectivity index (χ1) is 7.08. The minimum atomic E-state index is -1.05. The van der Waals surface area contributed by atoms with Crippen LogP contribution >= 0.6 is 0 Å². The number of nitrogens with one attached hydrogen (secondary N) is 1. The molecule has 2 aliphatic carbocycles. The van der Waals surface area contributed by atoms with Gasteiger partial charge in [0.25, 0.3) is 0 Å². The Hall–Kier alpha value is -0.600. The van der Waals surface area contributed by atoms with Crippen molar-refractivity contribution in [3.63, 3.8) is 0 Å². The van der Waals surface area contributed by atoms with Crippen LogP contribution < -0.4 is 5.32 Å². The fraction of sp³-hybridized carbons (Fsp3) is 0.917. The lowest BCUT2D eigenvalue weighted by atomic mass is 9.94. The van der Waals surface area contributed by atoms with Gasteiger partial charge in [-0.15, -0.1) is 0 Å². The molecule has 2 rings (SSSR count). The van der Waals surface area contributed by atoms with Crippen LogP contribution in [0.25, 0.3) is 0 Å². The van der Waals surface area contributed by atoms with Crippen molar-refractivity contribution in [3.8, 4) is 0 Å². The summed E-state index contributed by atoms with van der Waals surface area (Å²) in [7, 11) is 0. The average Bonchev–Trinajstić information content (AvgIpc) is 2.77. The highest BCUT2D eigenvalue weighted by molar-refractivity contribution is 5.79. The third-order valence-electron chi connectivity index (χ3n) is 4.17. The zero-order valence-electron chi connectivity index (χ0n) is 9.50. The van der Waals surface area contributed by atoms with Crippen LogP contribution in [0.3, 0.4) is 0 Å². The van der Waals surface area contributed by atoms with E-state index in [1.54, 1.807) is 6.92 Å². The lowest BCUT2D eigenvalue weighted by Crippen LogP contribution is -2.42. The maximum Gasteiger partial charge on any atom is 0.225 e. The van der Waals surface area contributed by atoms with Crippen molar-refractivity contribution in [2.75, 3.05) is 0 Å². The lowest BCUT2D eigenvalue weighted by Gasteiger charge is -2.24. The molecule has 5 unspecified atom stereocenters. The normalized spacial score (nSPS) is 37.7. The van der Waals surface area contributed by atoms with Crippen molar-refractivity contribution in [1.82, 2.24) is 5.32 Å². The number of carbonyl (C=O) groups excluding carboxylic acids is 1. The van der Waals surface area contributed by atoms with Gasteiger partial charge in [-0.1, -0.05) is 13.3 Å². The van der Waals surface area contributed by atoms with Gasteiger partial charge in [0.15, 0.2) is 0 Å². The molecule has 0 heterocycles. The van der Waals surface area contributed by atoms with Crippen LogP contribution in [0.2, 0.25) is 0 Å². The summed E-state index contributed by atoms with van der Waals surface area (Å²) in [6.07, 6.45) is 3.90. The van der Waals surface area contributed by atoms with Gasteiger partial charge < -0.3 is 5.32 Å². The van der Waals surface area contributed by atoms with Gasteiger partial charge in [0.1, 0.15) is 6.17 Å². The summed E-state index contributed by atoms with van der Waals surface area (Å²) >= 11 is 0. The molecule has 0 aliphatic heterocycles. The van der Waals surface area contributed by atoms with Crippen LogP contribution in [0.5, 0.6) is 0 Å². The second-order valence-electron chi connectivity index (χ2n) is 5.26. The van der Waals surface area contributed by atoms with Crippen molar-refractivity contribution in [1.29, 1.82) is 0 Å². The first kappa shape index (κ1) is 10.9. The van der Waals surface area contributed by atoms with Crippen LogP contribution in [0.15, 0.2) is 0 Å². The molecule has 3 heteroatoms. The largest absolute Gasteiger partial charge is 0.353 e. The number of amides is 1. The van der Waals surface area contributed by atoms with Crippen molar-refractivity contribution in [2.24, 2.45) is 17.8 Å². The van der Waals surface area contributed by atoms with Crippen molar-refractivity contribution in [3.05, 3.63) is 0 Å². The van der Waals surface area contributed by atoms with Gasteiger partial charge in [-0.05, 0) is 38.0 Å². The summed E-state index contributed by atoms with van der Waals surface area (Å²) in [6, 6.07) is 0.331.